The SMILES string of the molecule is N#CNN(N)c1ccccc1. The summed E-state index contributed by atoms with van der Waals surface area (Å²) in [7, 11) is 0. The van der Waals surface area contributed by atoms with Crippen molar-refractivity contribution in [2.45, 2.75) is 0 Å². The van der Waals surface area contributed by atoms with E-state index >= 15 is 0 Å². The number of nitrogens with one attached hydrogen (secondary N) is 1. The smallest absolute Gasteiger partial charge is 0.198 e. The predicted octanol–water partition coefficient (Wildman–Crippen LogP) is 0.352. The summed E-state index contributed by atoms with van der Waals surface area (Å²) in [6.45, 7) is 0. The van der Waals surface area contributed by atoms with Gasteiger partial charge in [-0.1, -0.05) is 18.2 Å². The number of nitrogens with zero attached hydrogens (tertiary/aromatic N) is 2. The minimum atomic E-state index is 0.744. The fraction of sp³-hybridized carbons (Fsp3) is 0. The molecule has 4 nitrogen and oxygen atoms in total. The van der Waals surface area contributed by atoms with Crippen LogP contribution < -0.4 is 16.4 Å². The van der Waals surface area contributed by atoms with E-state index in [-0.39, 0.29) is 0 Å². The van der Waals surface area contributed by atoms with Gasteiger partial charge >= 0.3 is 0 Å². The molecule has 1 rings (SSSR count). The summed E-state index contributed by atoms with van der Waals surface area (Å²) in [4.78, 5) is 0. The molecule has 0 aliphatic carbocycles. The Labute approximate surface area is 64.8 Å². The number of hydrazine groups is 2. The van der Waals surface area contributed by atoms with E-state index in [4.69, 9.17) is 11.1 Å². The van der Waals surface area contributed by atoms with Gasteiger partial charge in [-0.05, 0) is 12.1 Å². The largest absolute Gasteiger partial charge is 0.228 e. The predicted molar refractivity (Wildman–Crippen MR) is 41.9 cm³/mol. The van der Waals surface area contributed by atoms with Gasteiger partial charge in [0.15, 0.2) is 6.19 Å². The summed E-state index contributed by atoms with van der Waals surface area (Å²) in [6.07, 6.45) is 1.72. The van der Waals surface area contributed by atoms with E-state index in [0.29, 0.717) is 0 Å². The van der Waals surface area contributed by atoms with Crippen LogP contribution in [0.25, 0.3) is 0 Å². The van der Waals surface area contributed by atoms with Gasteiger partial charge in [-0.25, -0.2) is 16.4 Å². The van der Waals surface area contributed by atoms with E-state index in [0.717, 1.165) is 10.8 Å². The van der Waals surface area contributed by atoms with Gasteiger partial charge in [0.1, 0.15) is 0 Å². The number of nitriles is 1. The van der Waals surface area contributed by atoms with E-state index in [1.807, 2.05) is 18.2 Å². The lowest BCUT2D eigenvalue weighted by atomic mass is 10.3. The van der Waals surface area contributed by atoms with Gasteiger partial charge in [0, 0.05) is 0 Å². The molecule has 0 fully saturated rings. The van der Waals surface area contributed by atoms with Gasteiger partial charge in [-0.15, -0.1) is 0 Å². The number of nitrogens with two attached hydrogens (primary N) is 1. The Morgan fingerprint density at radius 1 is 1.36 bits per heavy atom. The van der Waals surface area contributed by atoms with E-state index in [1.54, 1.807) is 18.3 Å². The molecule has 0 saturated heterocycles. The van der Waals surface area contributed by atoms with Crippen molar-refractivity contribution in [3.63, 3.8) is 0 Å². The van der Waals surface area contributed by atoms with Gasteiger partial charge in [-0.2, -0.15) is 5.26 Å². The van der Waals surface area contributed by atoms with Crippen molar-refractivity contribution >= 4 is 5.69 Å². The monoisotopic (exact) mass is 148 g/mol. The minimum absolute atomic E-state index is 0.744. The van der Waals surface area contributed by atoms with Crippen molar-refractivity contribution in [3.8, 4) is 6.19 Å². The Hall–Kier alpha value is -1.73. The maximum absolute atomic E-state index is 8.22. The standard InChI is InChI=1S/C7H8N4/c8-6-10-11(9)7-4-2-1-3-5-7/h1-5,10H,9H2. The molecule has 0 unspecified atom stereocenters. The quantitative estimate of drug-likeness (QED) is 0.275. The van der Waals surface area contributed by atoms with E-state index < -0.39 is 0 Å². The van der Waals surface area contributed by atoms with Gasteiger partial charge in [0.2, 0.25) is 0 Å². The van der Waals surface area contributed by atoms with Crippen molar-refractivity contribution in [1.29, 1.82) is 5.26 Å². The highest BCUT2D eigenvalue weighted by Gasteiger charge is 1.95. The first-order chi connectivity index (χ1) is 5.34. The van der Waals surface area contributed by atoms with Crippen LogP contribution in [0.15, 0.2) is 30.3 Å². The summed E-state index contributed by atoms with van der Waals surface area (Å²) in [5, 5.41) is 9.37. The summed E-state index contributed by atoms with van der Waals surface area (Å²) in [6, 6.07) is 9.15. The Bertz CT molecular complexity index is 251. The average Bonchev–Trinajstić information content (AvgIpc) is 2.07. The van der Waals surface area contributed by atoms with Crippen molar-refractivity contribution in [2.24, 2.45) is 5.84 Å². The molecular weight excluding hydrogens is 140 g/mol. The molecule has 0 amide bonds. The normalized spacial score (nSPS) is 8.36. The molecule has 0 spiro atoms. The number of benzene rings is 1. The van der Waals surface area contributed by atoms with Crippen LogP contribution in [0.2, 0.25) is 0 Å². The molecular formula is C7H8N4. The molecule has 0 aromatic heterocycles. The average molecular weight is 148 g/mol. The molecule has 4 heteroatoms. The zero-order valence-corrected chi connectivity index (χ0v) is 5.86. The van der Waals surface area contributed by atoms with Crippen molar-refractivity contribution in [3.05, 3.63) is 30.3 Å². The van der Waals surface area contributed by atoms with Crippen LogP contribution in [-0.4, -0.2) is 0 Å². The first-order valence-electron chi connectivity index (χ1n) is 3.09. The molecule has 0 atom stereocenters. The van der Waals surface area contributed by atoms with E-state index in [9.17, 15) is 0 Å². The third kappa shape index (κ3) is 1.85. The second-order valence-corrected chi connectivity index (χ2v) is 1.93. The molecule has 0 radical (unpaired) electrons. The number of para-hydroxylation sites is 1. The van der Waals surface area contributed by atoms with Gasteiger partial charge < -0.3 is 0 Å². The highest BCUT2D eigenvalue weighted by atomic mass is 15.7. The number of hydrogen-bond acceptors (Lipinski definition) is 4. The van der Waals surface area contributed by atoms with Crippen LogP contribution in [0.1, 0.15) is 0 Å². The zero-order chi connectivity index (χ0) is 8.10. The van der Waals surface area contributed by atoms with Crippen LogP contribution in [0.4, 0.5) is 5.69 Å². The molecule has 0 bridgehead atoms. The molecule has 3 N–H and O–H groups in total. The Balaban J connectivity index is 2.70. The summed E-state index contributed by atoms with van der Waals surface area (Å²) < 4.78 is 0. The highest BCUT2D eigenvalue weighted by Crippen LogP contribution is 2.05. The van der Waals surface area contributed by atoms with Crippen LogP contribution in [0, 0.1) is 11.5 Å². The second-order valence-electron chi connectivity index (χ2n) is 1.93. The lowest BCUT2D eigenvalue weighted by Crippen LogP contribution is -2.40. The second kappa shape index (κ2) is 3.44. The zero-order valence-electron chi connectivity index (χ0n) is 5.86. The molecule has 1 aromatic rings. The van der Waals surface area contributed by atoms with Crippen molar-refractivity contribution < 1.29 is 0 Å². The number of anilines is 1. The molecule has 0 aliphatic rings. The lowest BCUT2D eigenvalue weighted by molar-refractivity contribution is 0.789. The molecule has 0 heterocycles. The van der Waals surface area contributed by atoms with E-state index in [1.165, 1.54) is 0 Å². The van der Waals surface area contributed by atoms with E-state index in [2.05, 4.69) is 5.43 Å². The first kappa shape index (κ1) is 7.38. The molecule has 56 valence electrons. The summed E-state index contributed by atoms with van der Waals surface area (Å²) in [5.74, 6) is 5.41. The third-order valence-electron chi connectivity index (χ3n) is 1.20. The summed E-state index contributed by atoms with van der Waals surface area (Å²) >= 11 is 0. The fourth-order valence-corrected chi connectivity index (χ4v) is 0.707. The third-order valence-corrected chi connectivity index (χ3v) is 1.20. The summed E-state index contributed by atoms with van der Waals surface area (Å²) in [5.41, 5.74) is 3.02. The van der Waals surface area contributed by atoms with Crippen LogP contribution in [-0.2, 0) is 0 Å². The maximum atomic E-state index is 8.22. The molecule has 0 aliphatic heterocycles. The Morgan fingerprint density at radius 2 is 2.00 bits per heavy atom. The van der Waals surface area contributed by atoms with Crippen LogP contribution in [0.5, 0.6) is 0 Å². The van der Waals surface area contributed by atoms with Gasteiger partial charge in [0.25, 0.3) is 0 Å². The minimum Gasteiger partial charge on any atom is -0.228 e. The fourth-order valence-electron chi connectivity index (χ4n) is 0.707. The number of hydrogen-bond donors (Lipinski definition) is 2. The van der Waals surface area contributed by atoms with Crippen molar-refractivity contribution in [1.82, 2.24) is 5.43 Å². The first-order valence-corrected chi connectivity index (χ1v) is 3.09. The Morgan fingerprint density at radius 3 is 2.55 bits per heavy atom. The van der Waals surface area contributed by atoms with Gasteiger partial charge in [-0.3, -0.25) is 0 Å². The topological polar surface area (TPSA) is 65.1 Å². The lowest BCUT2D eigenvalue weighted by Gasteiger charge is -2.14. The maximum Gasteiger partial charge on any atom is 0.198 e. The Kier molecular flexibility index (Phi) is 2.31. The molecule has 0 saturated carbocycles. The highest BCUT2D eigenvalue weighted by molar-refractivity contribution is 5.43. The molecule has 1 aromatic carbocycles. The molecule has 11 heavy (non-hydrogen) atoms. The number of rotatable bonds is 2. The van der Waals surface area contributed by atoms with Gasteiger partial charge in [0.05, 0.1) is 5.69 Å². The van der Waals surface area contributed by atoms with Crippen LogP contribution >= 0.6 is 0 Å². The van der Waals surface area contributed by atoms with Crippen LogP contribution in [0.3, 0.4) is 0 Å². The van der Waals surface area contributed by atoms with Crippen molar-refractivity contribution in [2.75, 3.05) is 5.12 Å².